The molecule has 0 radical (unpaired) electrons. The van der Waals surface area contributed by atoms with Gasteiger partial charge in [0.25, 0.3) is 0 Å². The summed E-state index contributed by atoms with van der Waals surface area (Å²) >= 11 is 0. The first-order valence-corrected chi connectivity index (χ1v) is 11.8. The molecule has 0 saturated carbocycles. The van der Waals surface area contributed by atoms with E-state index in [4.69, 9.17) is 19.9 Å². The number of nitrogens with zero attached hydrogens (tertiary/aromatic N) is 3. The summed E-state index contributed by atoms with van der Waals surface area (Å²) in [5, 5.41) is 10.6. The van der Waals surface area contributed by atoms with E-state index in [2.05, 4.69) is 74.3 Å². The number of hydrogen-bond donors (Lipinski definition) is 2. The van der Waals surface area contributed by atoms with Gasteiger partial charge in [-0.3, -0.25) is 0 Å². The zero-order valence-corrected chi connectivity index (χ0v) is 20.7. The molecule has 0 saturated heterocycles. The van der Waals surface area contributed by atoms with Crippen molar-refractivity contribution in [3.05, 3.63) is 75.5 Å². The van der Waals surface area contributed by atoms with E-state index in [0.29, 0.717) is 12.0 Å². The number of carboxylic acids is 1. The van der Waals surface area contributed by atoms with Gasteiger partial charge in [0, 0.05) is 23.5 Å². The van der Waals surface area contributed by atoms with Crippen LogP contribution in [0.4, 0.5) is 30.6 Å². The first kappa shape index (κ1) is 25.5. The van der Waals surface area contributed by atoms with Crippen LogP contribution in [0.3, 0.4) is 0 Å². The normalized spacial score (nSPS) is 16.2. The highest BCUT2D eigenvalue weighted by molar-refractivity contribution is 5.73. The van der Waals surface area contributed by atoms with Gasteiger partial charge in [0.1, 0.15) is 5.82 Å². The number of nitrogens with one attached hydrogen (secondary N) is 1. The third kappa shape index (κ3) is 5.15. The van der Waals surface area contributed by atoms with Crippen LogP contribution < -0.4 is 10.2 Å². The van der Waals surface area contributed by atoms with E-state index < -0.39 is 12.1 Å². The monoisotopic (exact) mass is 498 g/mol. The Hall–Kier alpha value is -3.62. The Balaban J connectivity index is 0.000000384. The highest BCUT2D eigenvalue weighted by Gasteiger charge is 2.38. The maximum absolute atomic E-state index is 10.6. The van der Waals surface area contributed by atoms with Crippen molar-refractivity contribution in [3.8, 4) is 0 Å². The summed E-state index contributed by atoms with van der Waals surface area (Å²) in [7, 11) is 0. The molecule has 1 unspecified atom stereocenters. The fourth-order valence-electron chi connectivity index (χ4n) is 5.16. The minimum atomic E-state index is -5.08. The van der Waals surface area contributed by atoms with E-state index in [1.807, 2.05) is 0 Å². The number of carboxylic acid groups (broad SMARTS) is 1. The smallest absolute Gasteiger partial charge is 0.475 e. The summed E-state index contributed by atoms with van der Waals surface area (Å²) in [6.07, 6.45) is -1.73. The van der Waals surface area contributed by atoms with Crippen molar-refractivity contribution in [2.24, 2.45) is 0 Å². The molecule has 36 heavy (non-hydrogen) atoms. The van der Waals surface area contributed by atoms with Crippen LogP contribution in [-0.4, -0.2) is 33.8 Å². The summed E-state index contributed by atoms with van der Waals surface area (Å²) in [5.41, 5.74) is 10.2. The molecule has 1 aliphatic carbocycles. The third-order valence-electron chi connectivity index (χ3n) is 6.70. The highest BCUT2D eigenvalue weighted by Crippen LogP contribution is 2.42. The predicted molar refractivity (Wildman–Crippen MR) is 133 cm³/mol. The molecule has 2 aliphatic rings. The molecular weight excluding hydrogens is 469 g/mol. The predicted octanol–water partition coefficient (Wildman–Crippen LogP) is 6.14. The fourth-order valence-corrected chi connectivity index (χ4v) is 5.16. The van der Waals surface area contributed by atoms with E-state index in [1.54, 1.807) is 0 Å². The zero-order valence-electron chi connectivity index (χ0n) is 20.7. The highest BCUT2D eigenvalue weighted by atomic mass is 19.4. The summed E-state index contributed by atoms with van der Waals surface area (Å²) in [6, 6.07) is 13.7. The van der Waals surface area contributed by atoms with Gasteiger partial charge in [0.2, 0.25) is 5.95 Å². The van der Waals surface area contributed by atoms with Crippen LogP contribution in [0.25, 0.3) is 0 Å². The third-order valence-corrected chi connectivity index (χ3v) is 6.70. The molecule has 2 heterocycles. The van der Waals surface area contributed by atoms with E-state index in [-0.39, 0.29) is 0 Å². The van der Waals surface area contributed by atoms with Crippen molar-refractivity contribution < 1.29 is 23.1 Å². The van der Waals surface area contributed by atoms with Crippen molar-refractivity contribution in [3.63, 3.8) is 0 Å². The van der Waals surface area contributed by atoms with Crippen molar-refractivity contribution in [1.29, 1.82) is 0 Å². The van der Waals surface area contributed by atoms with Gasteiger partial charge in [-0.25, -0.2) is 9.78 Å². The SMILES string of the molecule is Cc1cc(C)c(Nc2nc(C)c3c(n2)N(C2CCc4ccccc42)CC3)c(C)c1.O=C(O)C(F)(F)F. The van der Waals surface area contributed by atoms with E-state index in [9.17, 15) is 13.2 Å². The Bertz CT molecular complexity index is 1280. The number of fused-ring (bicyclic) bond motifs is 2. The average Bonchev–Trinajstić information content (AvgIpc) is 3.40. The molecule has 1 aliphatic heterocycles. The second-order valence-electron chi connectivity index (χ2n) is 9.33. The largest absolute Gasteiger partial charge is 0.490 e. The minimum absolute atomic E-state index is 0.428. The number of aryl methyl sites for hydroxylation is 5. The van der Waals surface area contributed by atoms with E-state index in [1.165, 1.54) is 39.8 Å². The number of carbonyl (C=O) groups is 1. The average molecular weight is 499 g/mol. The summed E-state index contributed by atoms with van der Waals surface area (Å²) in [6.45, 7) is 9.56. The number of alkyl halides is 3. The first-order chi connectivity index (χ1) is 17.0. The maximum Gasteiger partial charge on any atom is 0.490 e. The lowest BCUT2D eigenvalue weighted by Crippen LogP contribution is -2.26. The Morgan fingerprint density at radius 1 is 1.06 bits per heavy atom. The van der Waals surface area contributed by atoms with Gasteiger partial charge in [-0.1, -0.05) is 42.0 Å². The molecule has 0 spiro atoms. The van der Waals surface area contributed by atoms with Crippen LogP contribution >= 0.6 is 0 Å². The lowest BCUT2D eigenvalue weighted by atomic mass is 10.1. The maximum atomic E-state index is 10.6. The molecule has 5 rings (SSSR count). The van der Waals surface area contributed by atoms with Gasteiger partial charge in [0.15, 0.2) is 0 Å². The minimum Gasteiger partial charge on any atom is -0.475 e. The topological polar surface area (TPSA) is 78.4 Å². The second-order valence-corrected chi connectivity index (χ2v) is 9.33. The number of anilines is 3. The van der Waals surface area contributed by atoms with Gasteiger partial charge in [-0.15, -0.1) is 0 Å². The lowest BCUT2D eigenvalue weighted by molar-refractivity contribution is -0.192. The van der Waals surface area contributed by atoms with Crippen molar-refractivity contribution in [1.82, 2.24) is 9.97 Å². The summed E-state index contributed by atoms with van der Waals surface area (Å²) < 4.78 is 31.7. The lowest BCUT2D eigenvalue weighted by Gasteiger charge is -2.27. The molecule has 0 fully saturated rings. The molecule has 0 amide bonds. The van der Waals surface area contributed by atoms with Crippen LogP contribution in [0.2, 0.25) is 0 Å². The van der Waals surface area contributed by atoms with Crippen LogP contribution in [-0.2, 0) is 17.6 Å². The Morgan fingerprint density at radius 2 is 1.69 bits per heavy atom. The van der Waals surface area contributed by atoms with E-state index >= 15 is 0 Å². The van der Waals surface area contributed by atoms with Crippen molar-refractivity contribution in [2.75, 3.05) is 16.8 Å². The molecule has 1 atom stereocenters. The molecule has 3 aromatic rings. The van der Waals surface area contributed by atoms with Gasteiger partial charge in [0.05, 0.1) is 6.04 Å². The Labute approximate surface area is 208 Å². The van der Waals surface area contributed by atoms with Crippen LogP contribution in [0.5, 0.6) is 0 Å². The van der Waals surface area contributed by atoms with E-state index in [0.717, 1.165) is 36.6 Å². The number of aromatic nitrogens is 2. The number of rotatable bonds is 3. The molecular formula is C27H29F3N4O2. The summed E-state index contributed by atoms with van der Waals surface area (Å²) in [4.78, 5) is 21.2. The number of benzene rings is 2. The van der Waals surface area contributed by atoms with Crippen LogP contribution in [0, 0.1) is 27.7 Å². The van der Waals surface area contributed by atoms with Crippen LogP contribution in [0.15, 0.2) is 36.4 Å². The second kappa shape index (κ2) is 9.79. The Morgan fingerprint density at radius 3 is 2.33 bits per heavy atom. The van der Waals surface area contributed by atoms with Gasteiger partial charge < -0.3 is 15.3 Å². The number of hydrogen-bond acceptors (Lipinski definition) is 5. The standard InChI is InChI=1S/C25H28N4.C2HF3O2/c1-15-13-16(2)23(17(3)14-15)27-25-26-18(4)20-11-12-29(24(20)28-25)22-10-9-19-7-5-6-8-21(19)22;3-2(4,5)1(6)7/h5-8,13-14,22H,9-12H2,1-4H3,(H,26,27,28);(H,6,7). The number of aliphatic carboxylic acids is 1. The van der Waals surface area contributed by atoms with Crippen molar-refractivity contribution >= 4 is 23.4 Å². The fraction of sp³-hybridized carbons (Fsp3) is 0.370. The van der Waals surface area contributed by atoms with Crippen molar-refractivity contribution in [2.45, 2.75) is 59.2 Å². The number of halogens is 3. The quantitative estimate of drug-likeness (QED) is 0.452. The van der Waals surface area contributed by atoms with Gasteiger partial charge >= 0.3 is 12.1 Å². The molecule has 2 aromatic carbocycles. The molecule has 9 heteroatoms. The molecule has 1 aromatic heterocycles. The van der Waals surface area contributed by atoms with Crippen LogP contribution in [0.1, 0.15) is 51.5 Å². The zero-order chi connectivity index (χ0) is 26.2. The molecule has 2 N–H and O–H groups in total. The van der Waals surface area contributed by atoms with Gasteiger partial charge in [-0.05, 0) is 69.2 Å². The Kier molecular flexibility index (Phi) is 6.93. The summed E-state index contributed by atoms with van der Waals surface area (Å²) in [5.74, 6) is -0.939. The molecule has 0 bridgehead atoms. The van der Waals surface area contributed by atoms with Gasteiger partial charge in [-0.2, -0.15) is 18.2 Å². The first-order valence-electron chi connectivity index (χ1n) is 11.8. The molecule has 190 valence electrons. The molecule has 6 nitrogen and oxygen atoms in total.